The van der Waals surface area contributed by atoms with Gasteiger partial charge in [0.25, 0.3) is 0 Å². The third kappa shape index (κ3) is 14.4. The van der Waals surface area contributed by atoms with Crippen LogP contribution in [0.25, 0.3) is 0 Å². The minimum absolute atomic E-state index is 0. The highest BCUT2D eigenvalue weighted by Crippen LogP contribution is 2.12. The molecule has 0 amide bonds. The molecular weight excluding hydrogens is 280 g/mol. The Labute approximate surface area is 145 Å². The summed E-state index contributed by atoms with van der Waals surface area (Å²) in [5, 5.41) is 0. The van der Waals surface area contributed by atoms with E-state index in [2.05, 4.69) is 42.1 Å². The van der Waals surface area contributed by atoms with Gasteiger partial charge in [0.05, 0.1) is 0 Å². The van der Waals surface area contributed by atoms with E-state index in [1.165, 1.54) is 96.4 Å². The molecule has 0 aliphatic carbocycles. The Kier molecular flexibility index (Phi) is 16.8. The van der Waals surface area contributed by atoms with E-state index in [0.717, 1.165) is 0 Å². The summed E-state index contributed by atoms with van der Waals surface area (Å²) in [4.78, 5) is 0. The second-order valence-corrected chi connectivity index (χ2v) is 6.71. The van der Waals surface area contributed by atoms with Crippen molar-refractivity contribution in [3.8, 4) is 0 Å². The fourth-order valence-electron chi connectivity index (χ4n) is 3.07. The molecule has 0 aromatic carbocycles. The van der Waals surface area contributed by atoms with Crippen LogP contribution < -0.4 is 10.7 Å². The molecule has 0 fully saturated rings. The van der Waals surface area contributed by atoms with E-state index in [-0.39, 0.29) is 6.15 Å². The third-order valence-electron chi connectivity index (χ3n) is 4.55. The molecule has 0 atom stereocenters. The lowest BCUT2D eigenvalue weighted by molar-refractivity contribution is -0.697. The zero-order chi connectivity index (χ0) is 15.7. The van der Waals surface area contributed by atoms with Gasteiger partial charge in [-0.1, -0.05) is 90.0 Å². The lowest BCUT2D eigenvalue weighted by Crippen LogP contribution is -2.32. The van der Waals surface area contributed by atoms with Crippen LogP contribution in [0.2, 0.25) is 0 Å². The summed E-state index contributed by atoms with van der Waals surface area (Å²) in [7, 11) is 0. The molecule has 1 aromatic rings. The molecule has 2 nitrogen and oxygen atoms in total. The van der Waals surface area contributed by atoms with Crippen LogP contribution in [0.4, 0.5) is 0 Å². The van der Waals surface area contributed by atoms with E-state index < -0.39 is 0 Å². The van der Waals surface area contributed by atoms with Crippen molar-refractivity contribution in [3.63, 3.8) is 0 Å². The SMILES string of the molecule is CCCCCCCCCCCCCCCC[n+]1ccccc1.[NH4+]. The van der Waals surface area contributed by atoms with Gasteiger partial charge in [-0.25, -0.2) is 4.57 Å². The van der Waals surface area contributed by atoms with Gasteiger partial charge in [-0.15, -0.1) is 0 Å². The number of quaternary nitrogens is 1. The van der Waals surface area contributed by atoms with E-state index in [0.29, 0.717) is 0 Å². The summed E-state index contributed by atoms with van der Waals surface area (Å²) in [5.74, 6) is 0. The van der Waals surface area contributed by atoms with Crippen molar-refractivity contribution in [3.05, 3.63) is 30.6 Å². The Hall–Kier alpha value is -0.890. The zero-order valence-corrected chi connectivity index (χ0v) is 15.9. The average molecular weight is 323 g/mol. The number of aryl methyl sites for hydroxylation is 1. The fraction of sp³-hybridized carbons (Fsp3) is 0.762. The topological polar surface area (TPSA) is 40.4 Å². The predicted octanol–water partition coefficient (Wildman–Crippen LogP) is 6.83. The molecule has 0 saturated heterocycles. The van der Waals surface area contributed by atoms with Gasteiger partial charge < -0.3 is 6.15 Å². The van der Waals surface area contributed by atoms with Gasteiger partial charge >= 0.3 is 0 Å². The highest BCUT2D eigenvalue weighted by molar-refractivity contribution is 4.83. The Balaban J connectivity index is 0.00000484. The molecule has 23 heavy (non-hydrogen) atoms. The molecule has 1 rings (SSSR count). The van der Waals surface area contributed by atoms with Crippen LogP contribution in [-0.2, 0) is 6.54 Å². The van der Waals surface area contributed by atoms with Crippen LogP contribution in [0, 0.1) is 0 Å². The number of rotatable bonds is 15. The number of hydrogen-bond donors (Lipinski definition) is 1. The Bertz CT molecular complexity index is 324. The van der Waals surface area contributed by atoms with Gasteiger partial charge in [-0.3, -0.25) is 0 Å². The Morgan fingerprint density at radius 1 is 0.522 bits per heavy atom. The Morgan fingerprint density at radius 3 is 1.35 bits per heavy atom. The summed E-state index contributed by atoms with van der Waals surface area (Å²) in [6.45, 7) is 3.47. The average Bonchev–Trinajstić information content (AvgIpc) is 2.56. The second-order valence-electron chi connectivity index (χ2n) is 6.71. The minimum atomic E-state index is 0. The molecular formula is C21H42N2+2. The molecule has 0 spiro atoms. The van der Waals surface area contributed by atoms with Gasteiger partial charge in [0, 0.05) is 18.6 Å². The monoisotopic (exact) mass is 322 g/mol. The molecule has 0 unspecified atom stereocenters. The third-order valence-corrected chi connectivity index (χ3v) is 4.55. The zero-order valence-electron chi connectivity index (χ0n) is 15.9. The van der Waals surface area contributed by atoms with Crippen molar-refractivity contribution in [1.29, 1.82) is 0 Å². The standard InChI is InChI=1S/C21H38N.H3N/c1-2-3-4-5-6-7-8-9-10-11-12-13-14-16-19-22-20-17-15-18-21-22;/h15,17-18,20-21H,2-14,16,19H2,1H3;1H3/q+1;/p+1. The first-order valence-corrected chi connectivity index (χ1v) is 9.87. The highest BCUT2D eigenvalue weighted by Gasteiger charge is 1.98. The predicted molar refractivity (Wildman–Crippen MR) is 103 cm³/mol. The molecule has 4 N–H and O–H groups in total. The van der Waals surface area contributed by atoms with Gasteiger partial charge in [-0.05, 0) is 6.42 Å². The van der Waals surface area contributed by atoms with Crippen molar-refractivity contribution in [2.24, 2.45) is 0 Å². The number of aromatic nitrogens is 1. The summed E-state index contributed by atoms with van der Waals surface area (Å²) in [6, 6.07) is 6.31. The molecule has 0 saturated carbocycles. The normalized spacial score (nSPS) is 10.5. The van der Waals surface area contributed by atoms with E-state index in [1.807, 2.05) is 0 Å². The van der Waals surface area contributed by atoms with E-state index in [1.54, 1.807) is 0 Å². The Morgan fingerprint density at radius 2 is 0.913 bits per heavy atom. The molecule has 0 aliphatic heterocycles. The van der Waals surface area contributed by atoms with Crippen LogP contribution in [0.15, 0.2) is 30.6 Å². The molecule has 1 aromatic heterocycles. The maximum atomic E-state index is 2.29. The van der Waals surface area contributed by atoms with Crippen molar-refractivity contribution < 1.29 is 4.57 Å². The van der Waals surface area contributed by atoms with Gasteiger partial charge in [0.1, 0.15) is 6.54 Å². The van der Waals surface area contributed by atoms with Crippen LogP contribution >= 0.6 is 0 Å². The molecule has 0 bridgehead atoms. The quantitative estimate of drug-likeness (QED) is 0.271. The lowest BCUT2D eigenvalue weighted by atomic mass is 10.0. The molecule has 2 heteroatoms. The van der Waals surface area contributed by atoms with Crippen molar-refractivity contribution >= 4 is 0 Å². The van der Waals surface area contributed by atoms with E-state index in [4.69, 9.17) is 0 Å². The summed E-state index contributed by atoms with van der Waals surface area (Å²) < 4.78 is 2.29. The lowest BCUT2D eigenvalue weighted by Gasteiger charge is -2.02. The first-order chi connectivity index (χ1) is 10.9. The first-order valence-electron chi connectivity index (χ1n) is 9.87. The number of unbranched alkanes of at least 4 members (excludes halogenated alkanes) is 13. The van der Waals surface area contributed by atoms with Crippen LogP contribution in [0.3, 0.4) is 0 Å². The molecule has 0 aliphatic rings. The summed E-state index contributed by atoms with van der Waals surface area (Å²) in [6.07, 6.45) is 24.4. The largest absolute Gasteiger partial charge is 0.369 e. The summed E-state index contributed by atoms with van der Waals surface area (Å²) in [5.41, 5.74) is 0. The van der Waals surface area contributed by atoms with Gasteiger partial charge in [0.15, 0.2) is 12.4 Å². The highest BCUT2D eigenvalue weighted by atomic mass is 14.9. The van der Waals surface area contributed by atoms with Crippen molar-refractivity contribution in [1.82, 2.24) is 6.15 Å². The maximum absolute atomic E-state index is 2.29. The number of hydrogen-bond acceptors (Lipinski definition) is 0. The number of pyridine rings is 1. The molecule has 1 heterocycles. The van der Waals surface area contributed by atoms with Gasteiger partial charge in [0.2, 0.25) is 0 Å². The van der Waals surface area contributed by atoms with Crippen molar-refractivity contribution in [2.45, 2.75) is 103 Å². The van der Waals surface area contributed by atoms with Crippen LogP contribution in [0.5, 0.6) is 0 Å². The number of nitrogens with zero attached hydrogens (tertiary/aromatic N) is 1. The minimum Gasteiger partial charge on any atom is -0.369 e. The van der Waals surface area contributed by atoms with E-state index in [9.17, 15) is 0 Å². The second kappa shape index (κ2) is 17.5. The maximum Gasteiger partial charge on any atom is 0.168 e. The van der Waals surface area contributed by atoms with Crippen LogP contribution in [-0.4, -0.2) is 0 Å². The van der Waals surface area contributed by atoms with Crippen molar-refractivity contribution in [2.75, 3.05) is 0 Å². The summed E-state index contributed by atoms with van der Waals surface area (Å²) >= 11 is 0. The smallest absolute Gasteiger partial charge is 0.168 e. The first kappa shape index (κ1) is 22.1. The molecule has 134 valence electrons. The van der Waals surface area contributed by atoms with Gasteiger partial charge in [-0.2, -0.15) is 0 Å². The van der Waals surface area contributed by atoms with Crippen LogP contribution in [0.1, 0.15) is 96.8 Å². The molecule has 0 radical (unpaired) electrons. The fourth-order valence-corrected chi connectivity index (χ4v) is 3.07. The van der Waals surface area contributed by atoms with E-state index >= 15 is 0 Å².